The zero-order valence-corrected chi connectivity index (χ0v) is 17.3. The molecule has 0 saturated carbocycles. The first-order valence-corrected chi connectivity index (χ1v) is 9.40. The second-order valence-corrected chi connectivity index (χ2v) is 6.82. The molecule has 0 aliphatic heterocycles. The van der Waals surface area contributed by atoms with Gasteiger partial charge in [0.15, 0.2) is 11.5 Å². The third-order valence-electron chi connectivity index (χ3n) is 3.93. The van der Waals surface area contributed by atoms with Crippen molar-refractivity contribution < 1.29 is 18.8 Å². The van der Waals surface area contributed by atoms with Crippen LogP contribution >= 0.6 is 15.9 Å². The molecule has 3 rings (SSSR count). The van der Waals surface area contributed by atoms with Crippen LogP contribution in [0.1, 0.15) is 11.1 Å². The zero-order valence-electron chi connectivity index (χ0n) is 15.7. The normalized spacial score (nSPS) is 10.8. The summed E-state index contributed by atoms with van der Waals surface area (Å²) < 4.78 is 24.9. The van der Waals surface area contributed by atoms with Crippen molar-refractivity contribution >= 4 is 33.6 Å². The van der Waals surface area contributed by atoms with Crippen molar-refractivity contribution in [3.63, 3.8) is 0 Å². The molecule has 1 N–H and O–H groups in total. The van der Waals surface area contributed by atoms with E-state index in [-0.39, 0.29) is 18.1 Å². The Bertz CT molecular complexity index is 1060. The van der Waals surface area contributed by atoms with Gasteiger partial charge in [0.05, 0.1) is 18.2 Å². The minimum absolute atomic E-state index is 0.103. The van der Waals surface area contributed by atoms with E-state index in [4.69, 9.17) is 9.47 Å². The van der Waals surface area contributed by atoms with Gasteiger partial charge in [0.25, 0.3) is 5.69 Å². The fourth-order valence-corrected chi connectivity index (χ4v) is 2.82. The van der Waals surface area contributed by atoms with Gasteiger partial charge in [-0.3, -0.25) is 15.5 Å². The third-order valence-corrected chi connectivity index (χ3v) is 4.62. The van der Waals surface area contributed by atoms with Crippen LogP contribution in [0, 0.1) is 15.9 Å². The molecule has 3 aromatic rings. The van der Waals surface area contributed by atoms with Crippen molar-refractivity contribution in [3.8, 4) is 11.5 Å². The van der Waals surface area contributed by atoms with E-state index in [1.54, 1.807) is 30.5 Å². The van der Waals surface area contributed by atoms with Crippen LogP contribution in [0.5, 0.6) is 11.5 Å². The summed E-state index contributed by atoms with van der Waals surface area (Å²) in [6, 6.07) is 12.3. The molecule has 0 aliphatic rings. The summed E-state index contributed by atoms with van der Waals surface area (Å²) in [5, 5.41) is 14.7. The summed E-state index contributed by atoms with van der Waals surface area (Å²) in [7, 11) is 1.52. The molecule has 30 heavy (non-hydrogen) atoms. The molecule has 0 aliphatic carbocycles. The number of rotatable bonds is 8. The van der Waals surface area contributed by atoms with Crippen molar-refractivity contribution in [2.75, 3.05) is 12.5 Å². The Hall–Kier alpha value is -3.53. The van der Waals surface area contributed by atoms with Crippen molar-refractivity contribution in [2.24, 2.45) is 5.10 Å². The molecular weight excluding hydrogens is 459 g/mol. The molecule has 0 spiro atoms. The Labute approximate surface area is 179 Å². The van der Waals surface area contributed by atoms with Gasteiger partial charge in [-0.1, -0.05) is 12.1 Å². The van der Waals surface area contributed by atoms with Gasteiger partial charge in [-0.15, -0.1) is 0 Å². The lowest BCUT2D eigenvalue weighted by Crippen LogP contribution is -2.00. The minimum atomic E-state index is -0.525. The maximum absolute atomic E-state index is 13.0. The van der Waals surface area contributed by atoms with Crippen LogP contribution in [-0.2, 0) is 6.61 Å². The second-order valence-electron chi connectivity index (χ2n) is 5.97. The molecule has 0 radical (unpaired) electrons. The van der Waals surface area contributed by atoms with Crippen LogP contribution < -0.4 is 14.9 Å². The smallest absolute Gasteiger partial charge is 0.287 e. The summed E-state index contributed by atoms with van der Waals surface area (Å²) in [5.41, 5.74) is 4.12. The predicted octanol–water partition coefficient (Wildman–Crippen LogP) is 4.93. The summed E-state index contributed by atoms with van der Waals surface area (Å²) in [6.07, 6.45) is 2.68. The van der Waals surface area contributed by atoms with E-state index in [1.807, 2.05) is 0 Å². The van der Waals surface area contributed by atoms with Crippen LogP contribution in [0.15, 0.2) is 64.3 Å². The number of nitrogens with zero attached hydrogens (tertiary/aromatic N) is 3. The molecule has 0 bridgehead atoms. The van der Waals surface area contributed by atoms with E-state index in [2.05, 4.69) is 31.4 Å². The van der Waals surface area contributed by atoms with Crippen molar-refractivity contribution in [1.82, 2.24) is 4.98 Å². The number of hydrogen-bond donors (Lipinski definition) is 1. The Balaban J connectivity index is 1.68. The maximum atomic E-state index is 13.0. The molecule has 0 unspecified atom stereocenters. The summed E-state index contributed by atoms with van der Waals surface area (Å²) >= 11 is 3.46. The number of nitro groups is 1. The van der Waals surface area contributed by atoms with Gasteiger partial charge in [-0.2, -0.15) is 5.10 Å². The van der Waals surface area contributed by atoms with E-state index in [1.165, 1.54) is 31.4 Å². The molecule has 0 atom stereocenters. The van der Waals surface area contributed by atoms with Crippen LogP contribution in [0.4, 0.5) is 15.9 Å². The maximum Gasteiger partial charge on any atom is 0.287 e. The Kier molecular flexibility index (Phi) is 6.91. The number of halogens is 2. The quantitative estimate of drug-likeness (QED) is 0.282. The lowest BCUT2D eigenvalue weighted by molar-refractivity contribution is -0.385. The number of benzene rings is 2. The molecule has 2 aromatic carbocycles. The molecule has 0 saturated heterocycles. The number of anilines is 1. The van der Waals surface area contributed by atoms with Gasteiger partial charge in [-0.25, -0.2) is 9.37 Å². The molecule has 1 aromatic heterocycles. The second kappa shape index (κ2) is 9.79. The fraction of sp³-hybridized carbons (Fsp3) is 0.100. The molecule has 0 amide bonds. The topological polar surface area (TPSA) is 98.9 Å². The summed E-state index contributed by atoms with van der Waals surface area (Å²) in [5.74, 6) is 1.06. The zero-order chi connectivity index (χ0) is 21.5. The van der Waals surface area contributed by atoms with Gasteiger partial charge in [0, 0.05) is 16.1 Å². The minimum Gasteiger partial charge on any atom is -0.493 e. The van der Waals surface area contributed by atoms with Crippen molar-refractivity contribution in [2.45, 2.75) is 6.61 Å². The highest BCUT2D eigenvalue weighted by Crippen LogP contribution is 2.33. The third kappa shape index (κ3) is 5.51. The average molecular weight is 475 g/mol. The first-order valence-electron chi connectivity index (χ1n) is 8.60. The van der Waals surface area contributed by atoms with Crippen molar-refractivity contribution in [1.29, 1.82) is 0 Å². The van der Waals surface area contributed by atoms with Crippen LogP contribution in [-0.4, -0.2) is 23.2 Å². The largest absolute Gasteiger partial charge is 0.493 e. The van der Waals surface area contributed by atoms with Crippen molar-refractivity contribution in [3.05, 3.63) is 86.3 Å². The monoisotopic (exact) mass is 474 g/mol. The number of hydrogen-bond acceptors (Lipinski definition) is 7. The lowest BCUT2D eigenvalue weighted by atomic mass is 10.2. The van der Waals surface area contributed by atoms with E-state index in [0.717, 1.165) is 11.8 Å². The van der Waals surface area contributed by atoms with Gasteiger partial charge < -0.3 is 9.47 Å². The number of nitrogens with one attached hydrogen (secondary N) is 1. The Morgan fingerprint density at radius 1 is 1.23 bits per heavy atom. The number of aromatic nitrogens is 1. The number of ether oxygens (including phenoxy) is 2. The average Bonchev–Trinajstić information content (AvgIpc) is 2.75. The van der Waals surface area contributed by atoms with E-state index < -0.39 is 4.92 Å². The number of pyridine rings is 1. The summed E-state index contributed by atoms with van der Waals surface area (Å²) in [6.45, 7) is 0.254. The highest BCUT2D eigenvalue weighted by Gasteiger charge is 2.10. The van der Waals surface area contributed by atoms with E-state index in [9.17, 15) is 14.5 Å². The van der Waals surface area contributed by atoms with Gasteiger partial charge in [-0.05, 0) is 51.8 Å². The summed E-state index contributed by atoms with van der Waals surface area (Å²) in [4.78, 5) is 14.0. The highest BCUT2D eigenvalue weighted by molar-refractivity contribution is 9.10. The number of methoxy groups -OCH3 is 1. The van der Waals surface area contributed by atoms with Crippen LogP contribution in [0.25, 0.3) is 0 Å². The molecule has 10 heteroatoms. The molecule has 0 fully saturated rings. The van der Waals surface area contributed by atoms with Gasteiger partial charge in [0.1, 0.15) is 24.4 Å². The first-order chi connectivity index (χ1) is 14.5. The SMILES string of the molecule is COc1cc(/C=N\Nc2ccc([N+](=O)[O-])cn2)c(Br)cc1OCc1ccc(F)cc1. The predicted molar refractivity (Wildman–Crippen MR) is 114 cm³/mol. The van der Waals surface area contributed by atoms with E-state index >= 15 is 0 Å². The standard InChI is InChI=1S/C20H16BrFN4O4/c1-29-18-8-14(10-24-25-20-7-6-16(11-23-20)26(27)28)17(21)9-19(18)30-12-13-2-4-15(22)5-3-13/h2-11H,12H2,1H3,(H,23,25)/b24-10-. The lowest BCUT2D eigenvalue weighted by Gasteiger charge is -2.13. The Morgan fingerprint density at radius 2 is 2.00 bits per heavy atom. The van der Waals surface area contributed by atoms with Gasteiger partial charge in [0.2, 0.25) is 0 Å². The van der Waals surface area contributed by atoms with Crippen LogP contribution in [0.2, 0.25) is 0 Å². The van der Waals surface area contributed by atoms with Gasteiger partial charge >= 0.3 is 0 Å². The molecular formula is C20H16BrFN4O4. The van der Waals surface area contributed by atoms with Crippen LogP contribution in [0.3, 0.4) is 0 Å². The Morgan fingerprint density at radius 3 is 2.63 bits per heavy atom. The molecule has 8 nitrogen and oxygen atoms in total. The first kappa shape index (κ1) is 21.2. The number of hydrazone groups is 1. The molecule has 154 valence electrons. The molecule has 1 heterocycles. The van der Waals surface area contributed by atoms with E-state index in [0.29, 0.717) is 27.4 Å². The fourth-order valence-electron chi connectivity index (χ4n) is 2.39. The highest BCUT2D eigenvalue weighted by atomic mass is 79.9.